The van der Waals surface area contributed by atoms with E-state index in [2.05, 4.69) is 5.32 Å². The van der Waals surface area contributed by atoms with E-state index < -0.39 is 0 Å². The maximum Gasteiger partial charge on any atom is 0.409 e. The fourth-order valence-corrected chi connectivity index (χ4v) is 1.79. The fourth-order valence-electron chi connectivity index (χ4n) is 1.79. The number of likely N-dealkylation sites (tertiary alicyclic amines) is 1. The number of carbonyl (C=O) groups excluding carboxylic acids is 1. The van der Waals surface area contributed by atoms with Crippen LogP contribution in [-0.4, -0.2) is 55.0 Å². The molecule has 1 fully saturated rings. The van der Waals surface area contributed by atoms with Crippen molar-refractivity contribution in [3.05, 3.63) is 0 Å². The van der Waals surface area contributed by atoms with Crippen molar-refractivity contribution in [2.75, 3.05) is 32.8 Å². The molecule has 0 bridgehead atoms. The van der Waals surface area contributed by atoms with Gasteiger partial charge in [0.2, 0.25) is 0 Å². The van der Waals surface area contributed by atoms with Gasteiger partial charge in [-0.2, -0.15) is 0 Å². The lowest BCUT2D eigenvalue weighted by Gasteiger charge is -2.32. The molecule has 15 heavy (non-hydrogen) atoms. The average molecular weight is 216 g/mol. The summed E-state index contributed by atoms with van der Waals surface area (Å²) in [5.74, 6) is 0. The predicted molar refractivity (Wildman–Crippen MR) is 56.7 cm³/mol. The summed E-state index contributed by atoms with van der Waals surface area (Å²) in [7, 11) is 0. The molecule has 0 aliphatic carbocycles. The highest BCUT2D eigenvalue weighted by Gasteiger charge is 2.23. The Morgan fingerprint density at radius 1 is 1.67 bits per heavy atom. The molecule has 0 aromatic heterocycles. The van der Waals surface area contributed by atoms with Crippen molar-refractivity contribution >= 4 is 6.09 Å². The van der Waals surface area contributed by atoms with Gasteiger partial charge in [0.1, 0.15) is 0 Å². The number of carbonyl (C=O) groups is 1. The highest BCUT2D eigenvalue weighted by Crippen LogP contribution is 2.10. The Morgan fingerprint density at radius 3 is 3.13 bits per heavy atom. The van der Waals surface area contributed by atoms with Gasteiger partial charge in [-0.05, 0) is 19.8 Å². The van der Waals surface area contributed by atoms with Crippen molar-refractivity contribution in [1.82, 2.24) is 10.2 Å². The van der Waals surface area contributed by atoms with Crippen LogP contribution < -0.4 is 5.32 Å². The first-order chi connectivity index (χ1) is 7.27. The minimum atomic E-state index is -0.229. The molecule has 1 heterocycles. The number of amides is 1. The Labute approximate surface area is 90.4 Å². The van der Waals surface area contributed by atoms with E-state index >= 15 is 0 Å². The van der Waals surface area contributed by atoms with Crippen LogP contribution in [0.4, 0.5) is 4.79 Å². The van der Waals surface area contributed by atoms with Gasteiger partial charge in [-0.1, -0.05) is 0 Å². The van der Waals surface area contributed by atoms with Gasteiger partial charge in [0.25, 0.3) is 0 Å². The smallest absolute Gasteiger partial charge is 0.409 e. The normalized spacial score (nSPS) is 21.5. The largest absolute Gasteiger partial charge is 0.450 e. The van der Waals surface area contributed by atoms with Gasteiger partial charge in [0.15, 0.2) is 0 Å². The summed E-state index contributed by atoms with van der Waals surface area (Å²) in [6, 6.07) is 0.287. The summed E-state index contributed by atoms with van der Waals surface area (Å²) >= 11 is 0. The maximum atomic E-state index is 11.4. The summed E-state index contributed by atoms with van der Waals surface area (Å²) < 4.78 is 4.94. The van der Waals surface area contributed by atoms with E-state index in [1.165, 1.54) is 0 Å². The van der Waals surface area contributed by atoms with Gasteiger partial charge in [0, 0.05) is 25.7 Å². The second kappa shape index (κ2) is 6.63. The van der Waals surface area contributed by atoms with Gasteiger partial charge < -0.3 is 20.1 Å². The minimum Gasteiger partial charge on any atom is -0.450 e. The molecule has 0 saturated carbocycles. The lowest BCUT2D eigenvalue weighted by Crippen LogP contribution is -2.48. The Bertz CT molecular complexity index is 199. The van der Waals surface area contributed by atoms with E-state index in [9.17, 15) is 4.79 Å². The first-order valence-corrected chi connectivity index (χ1v) is 5.54. The van der Waals surface area contributed by atoms with Crippen molar-refractivity contribution < 1.29 is 14.6 Å². The van der Waals surface area contributed by atoms with E-state index in [0.717, 1.165) is 19.4 Å². The van der Waals surface area contributed by atoms with Crippen molar-refractivity contribution in [1.29, 1.82) is 0 Å². The molecule has 5 heteroatoms. The zero-order valence-electron chi connectivity index (χ0n) is 9.24. The standard InChI is InChI=1S/C10H20N2O3/c1-2-15-10(14)12-6-3-4-9(8-12)11-5-7-13/h9,11,13H,2-8H2,1H3. The van der Waals surface area contributed by atoms with Gasteiger partial charge in [0.05, 0.1) is 13.2 Å². The average Bonchev–Trinajstić information content (AvgIpc) is 2.27. The molecule has 0 spiro atoms. The minimum absolute atomic E-state index is 0.135. The van der Waals surface area contributed by atoms with E-state index in [1.54, 1.807) is 4.90 Å². The molecular formula is C10H20N2O3. The zero-order chi connectivity index (χ0) is 11.1. The topological polar surface area (TPSA) is 61.8 Å². The molecule has 5 nitrogen and oxygen atoms in total. The van der Waals surface area contributed by atoms with Crippen LogP contribution >= 0.6 is 0 Å². The summed E-state index contributed by atoms with van der Waals surface area (Å²) in [4.78, 5) is 13.2. The molecule has 0 aromatic rings. The van der Waals surface area contributed by atoms with Crippen molar-refractivity contribution in [2.45, 2.75) is 25.8 Å². The summed E-state index contributed by atoms with van der Waals surface area (Å²) in [6.45, 7) is 4.40. The Balaban J connectivity index is 2.31. The first kappa shape index (κ1) is 12.3. The van der Waals surface area contributed by atoms with Crippen LogP contribution in [0.5, 0.6) is 0 Å². The number of nitrogens with zero attached hydrogens (tertiary/aromatic N) is 1. The third-order valence-electron chi connectivity index (χ3n) is 2.49. The third kappa shape index (κ3) is 4.05. The van der Waals surface area contributed by atoms with Gasteiger partial charge in [-0.25, -0.2) is 4.79 Å². The molecule has 1 atom stereocenters. The summed E-state index contributed by atoms with van der Waals surface area (Å²) in [5, 5.41) is 11.9. The molecule has 88 valence electrons. The number of hydrogen-bond donors (Lipinski definition) is 2. The third-order valence-corrected chi connectivity index (χ3v) is 2.49. The van der Waals surface area contributed by atoms with Crippen LogP contribution in [0.1, 0.15) is 19.8 Å². The van der Waals surface area contributed by atoms with Crippen molar-refractivity contribution in [3.8, 4) is 0 Å². The van der Waals surface area contributed by atoms with Crippen LogP contribution in [-0.2, 0) is 4.74 Å². The molecule has 0 aromatic carbocycles. The fraction of sp³-hybridized carbons (Fsp3) is 0.900. The second-order valence-corrected chi connectivity index (χ2v) is 3.66. The zero-order valence-corrected chi connectivity index (χ0v) is 9.24. The van der Waals surface area contributed by atoms with Crippen LogP contribution in [0, 0.1) is 0 Å². The highest BCUT2D eigenvalue weighted by atomic mass is 16.6. The Kier molecular flexibility index (Phi) is 5.42. The lowest BCUT2D eigenvalue weighted by molar-refractivity contribution is 0.0924. The molecule has 1 rings (SSSR count). The molecule has 2 N–H and O–H groups in total. The summed E-state index contributed by atoms with van der Waals surface area (Å²) in [5.41, 5.74) is 0. The van der Waals surface area contributed by atoms with E-state index in [0.29, 0.717) is 19.7 Å². The second-order valence-electron chi connectivity index (χ2n) is 3.66. The molecule has 1 unspecified atom stereocenters. The van der Waals surface area contributed by atoms with Gasteiger partial charge in [-0.3, -0.25) is 0 Å². The SMILES string of the molecule is CCOC(=O)N1CCCC(NCCO)C1. The molecule has 0 radical (unpaired) electrons. The van der Waals surface area contributed by atoms with Crippen molar-refractivity contribution in [2.24, 2.45) is 0 Å². The van der Waals surface area contributed by atoms with Crippen LogP contribution in [0.25, 0.3) is 0 Å². The quantitative estimate of drug-likeness (QED) is 0.704. The molecular weight excluding hydrogens is 196 g/mol. The van der Waals surface area contributed by atoms with Gasteiger partial charge >= 0.3 is 6.09 Å². The number of nitrogens with one attached hydrogen (secondary N) is 1. The number of rotatable bonds is 4. The molecule has 1 saturated heterocycles. The lowest BCUT2D eigenvalue weighted by atomic mass is 10.1. The number of ether oxygens (including phenoxy) is 1. The van der Waals surface area contributed by atoms with Crippen molar-refractivity contribution in [3.63, 3.8) is 0 Å². The monoisotopic (exact) mass is 216 g/mol. The van der Waals surface area contributed by atoms with Crippen LogP contribution in [0.15, 0.2) is 0 Å². The maximum absolute atomic E-state index is 11.4. The molecule has 1 aliphatic heterocycles. The Hall–Kier alpha value is -0.810. The van der Waals surface area contributed by atoms with E-state index in [4.69, 9.17) is 9.84 Å². The number of aliphatic hydroxyl groups excluding tert-OH is 1. The number of hydrogen-bond acceptors (Lipinski definition) is 4. The van der Waals surface area contributed by atoms with Crippen LogP contribution in [0.2, 0.25) is 0 Å². The van der Waals surface area contributed by atoms with E-state index in [-0.39, 0.29) is 18.7 Å². The highest BCUT2D eigenvalue weighted by molar-refractivity contribution is 5.67. The molecule has 1 aliphatic rings. The Morgan fingerprint density at radius 2 is 2.47 bits per heavy atom. The van der Waals surface area contributed by atoms with Crippen LogP contribution in [0.3, 0.4) is 0 Å². The first-order valence-electron chi connectivity index (χ1n) is 5.54. The van der Waals surface area contributed by atoms with E-state index in [1.807, 2.05) is 6.92 Å². The van der Waals surface area contributed by atoms with Gasteiger partial charge in [-0.15, -0.1) is 0 Å². The summed E-state index contributed by atoms with van der Waals surface area (Å²) in [6.07, 6.45) is 1.81. The predicted octanol–water partition coefficient (Wildman–Crippen LogP) is 0.189. The molecule has 1 amide bonds. The number of aliphatic hydroxyl groups is 1. The number of piperidine rings is 1.